The lowest BCUT2D eigenvalue weighted by molar-refractivity contribution is 0.512. The first-order valence-corrected chi connectivity index (χ1v) is 8.21. The molecule has 0 saturated heterocycles. The Morgan fingerprint density at radius 3 is 2.84 bits per heavy atom. The maximum Gasteiger partial charge on any atom is 0.174 e. The largest absolute Gasteiger partial charge is 0.310 e. The number of hydrogen-bond donors (Lipinski definition) is 1. The van der Waals surface area contributed by atoms with E-state index in [0.29, 0.717) is 6.04 Å². The van der Waals surface area contributed by atoms with Crippen molar-refractivity contribution in [2.75, 3.05) is 6.54 Å². The van der Waals surface area contributed by atoms with Gasteiger partial charge in [0.1, 0.15) is 6.33 Å². The van der Waals surface area contributed by atoms with Crippen molar-refractivity contribution in [3.63, 3.8) is 0 Å². The van der Waals surface area contributed by atoms with Gasteiger partial charge in [0.2, 0.25) is 0 Å². The Balaban J connectivity index is 2.19. The first kappa shape index (κ1) is 14.5. The Kier molecular flexibility index (Phi) is 5.82. The average Bonchev–Trinajstić information content (AvgIpc) is 2.94. The molecular formula is C14H19N3S2. The molecule has 19 heavy (non-hydrogen) atoms. The van der Waals surface area contributed by atoms with E-state index in [1.54, 1.807) is 18.1 Å². The Morgan fingerprint density at radius 2 is 2.16 bits per heavy atom. The zero-order valence-electron chi connectivity index (χ0n) is 11.3. The van der Waals surface area contributed by atoms with E-state index in [1.165, 1.54) is 22.0 Å². The van der Waals surface area contributed by atoms with Gasteiger partial charge in [-0.2, -0.15) is 4.37 Å². The second-order valence-corrected chi connectivity index (χ2v) is 6.33. The van der Waals surface area contributed by atoms with Crippen molar-refractivity contribution < 1.29 is 0 Å². The van der Waals surface area contributed by atoms with E-state index in [4.69, 9.17) is 0 Å². The lowest BCUT2D eigenvalue weighted by Crippen LogP contribution is -2.21. The van der Waals surface area contributed by atoms with Crippen LogP contribution in [0.25, 0.3) is 0 Å². The van der Waals surface area contributed by atoms with Gasteiger partial charge in [-0.3, -0.25) is 0 Å². The highest BCUT2D eigenvalue weighted by Gasteiger charge is 2.14. The van der Waals surface area contributed by atoms with Crippen LogP contribution < -0.4 is 5.32 Å². The summed E-state index contributed by atoms with van der Waals surface area (Å²) >= 11 is 3.15. The standard InChI is InChI=1S/C14H19N3S2/c1-3-9-15-12(4-2)11-7-5-6-8-13(11)18-14-16-10-17-19-14/h5-8,10,12,15H,3-4,9H2,1-2H3. The van der Waals surface area contributed by atoms with Crippen LogP contribution in [0.3, 0.4) is 0 Å². The molecule has 1 aromatic heterocycles. The second-order valence-electron chi connectivity index (χ2n) is 4.26. The molecule has 1 aromatic carbocycles. The summed E-state index contributed by atoms with van der Waals surface area (Å²) in [5.41, 5.74) is 1.36. The molecule has 1 unspecified atom stereocenters. The van der Waals surface area contributed by atoms with Crippen molar-refractivity contribution in [2.45, 2.75) is 42.0 Å². The van der Waals surface area contributed by atoms with E-state index < -0.39 is 0 Å². The van der Waals surface area contributed by atoms with Crippen molar-refractivity contribution in [2.24, 2.45) is 0 Å². The van der Waals surface area contributed by atoms with E-state index in [2.05, 4.69) is 52.8 Å². The van der Waals surface area contributed by atoms with E-state index in [0.717, 1.165) is 23.7 Å². The fourth-order valence-corrected chi connectivity index (χ4v) is 3.55. The van der Waals surface area contributed by atoms with Crippen molar-refractivity contribution in [1.82, 2.24) is 14.7 Å². The van der Waals surface area contributed by atoms with Gasteiger partial charge < -0.3 is 5.32 Å². The van der Waals surface area contributed by atoms with Gasteiger partial charge in [0.05, 0.1) is 0 Å². The fourth-order valence-electron chi connectivity index (χ4n) is 1.96. The lowest BCUT2D eigenvalue weighted by Gasteiger charge is -2.19. The summed E-state index contributed by atoms with van der Waals surface area (Å²) in [5.74, 6) is 0. The highest BCUT2D eigenvalue weighted by molar-refractivity contribution is 8.01. The van der Waals surface area contributed by atoms with Gasteiger partial charge in [0, 0.05) is 10.9 Å². The van der Waals surface area contributed by atoms with E-state index in [1.807, 2.05) is 0 Å². The Bertz CT molecular complexity index is 485. The molecule has 1 atom stereocenters. The monoisotopic (exact) mass is 293 g/mol. The van der Waals surface area contributed by atoms with Crippen LogP contribution in [-0.4, -0.2) is 15.9 Å². The quantitative estimate of drug-likeness (QED) is 0.832. The topological polar surface area (TPSA) is 37.8 Å². The maximum atomic E-state index is 4.25. The number of nitrogens with zero attached hydrogens (tertiary/aromatic N) is 2. The summed E-state index contributed by atoms with van der Waals surface area (Å²) < 4.78 is 5.05. The number of aromatic nitrogens is 2. The van der Waals surface area contributed by atoms with Crippen LogP contribution in [0.2, 0.25) is 0 Å². The summed E-state index contributed by atoms with van der Waals surface area (Å²) in [5, 5.41) is 3.61. The first-order valence-electron chi connectivity index (χ1n) is 6.62. The molecule has 2 aromatic rings. The van der Waals surface area contributed by atoms with Crippen LogP contribution in [0, 0.1) is 0 Å². The minimum absolute atomic E-state index is 0.413. The molecule has 0 aliphatic rings. The molecule has 1 heterocycles. The first-order chi connectivity index (χ1) is 9.35. The number of hydrogen-bond acceptors (Lipinski definition) is 5. The Hall–Kier alpha value is -0.910. The fraction of sp³-hybridized carbons (Fsp3) is 0.429. The molecule has 1 N–H and O–H groups in total. The molecule has 102 valence electrons. The molecule has 2 rings (SSSR count). The van der Waals surface area contributed by atoms with Crippen LogP contribution in [0.1, 0.15) is 38.3 Å². The van der Waals surface area contributed by atoms with E-state index in [9.17, 15) is 0 Å². The minimum Gasteiger partial charge on any atom is -0.310 e. The third-order valence-corrected chi connectivity index (χ3v) is 4.69. The smallest absolute Gasteiger partial charge is 0.174 e. The highest BCUT2D eigenvalue weighted by atomic mass is 32.2. The third kappa shape index (κ3) is 4.03. The zero-order valence-corrected chi connectivity index (χ0v) is 12.9. The molecule has 0 saturated carbocycles. The van der Waals surface area contributed by atoms with Crippen LogP contribution in [0.5, 0.6) is 0 Å². The third-order valence-electron chi connectivity index (χ3n) is 2.88. The van der Waals surface area contributed by atoms with Crippen LogP contribution in [-0.2, 0) is 0 Å². The van der Waals surface area contributed by atoms with Gasteiger partial charge in [0.25, 0.3) is 0 Å². The summed E-state index contributed by atoms with van der Waals surface area (Å²) in [4.78, 5) is 5.52. The van der Waals surface area contributed by atoms with Gasteiger partial charge in [-0.1, -0.05) is 43.8 Å². The lowest BCUT2D eigenvalue weighted by atomic mass is 10.0. The summed E-state index contributed by atoms with van der Waals surface area (Å²) in [7, 11) is 0. The van der Waals surface area contributed by atoms with Gasteiger partial charge in [0.15, 0.2) is 4.34 Å². The number of nitrogens with one attached hydrogen (secondary N) is 1. The van der Waals surface area contributed by atoms with Crippen LogP contribution >= 0.6 is 23.3 Å². The SMILES string of the molecule is CCCNC(CC)c1ccccc1Sc1ncns1. The maximum absolute atomic E-state index is 4.25. The Labute approximate surface area is 123 Å². The zero-order chi connectivity index (χ0) is 13.5. The predicted molar refractivity (Wildman–Crippen MR) is 81.8 cm³/mol. The Morgan fingerprint density at radius 1 is 1.32 bits per heavy atom. The normalized spacial score (nSPS) is 12.5. The van der Waals surface area contributed by atoms with Crippen molar-refractivity contribution >= 4 is 23.3 Å². The highest BCUT2D eigenvalue weighted by Crippen LogP contribution is 2.34. The van der Waals surface area contributed by atoms with Crippen molar-refractivity contribution in [3.8, 4) is 0 Å². The van der Waals surface area contributed by atoms with Crippen molar-refractivity contribution in [1.29, 1.82) is 0 Å². The molecule has 0 bridgehead atoms. The molecule has 0 spiro atoms. The molecule has 5 heteroatoms. The molecule has 0 radical (unpaired) electrons. The van der Waals surface area contributed by atoms with E-state index >= 15 is 0 Å². The van der Waals surface area contributed by atoms with Gasteiger partial charge in [-0.25, -0.2) is 4.98 Å². The minimum atomic E-state index is 0.413. The average molecular weight is 293 g/mol. The van der Waals surface area contributed by atoms with Crippen molar-refractivity contribution in [3.05, 3.63) is 36.2 Å². The molecule has 0 aliphatic carbocycles. The molecular weight excluding hydrogens is 274 g/mol. The number of rotatable bonds is 7. The number of benzene rings is 1. The van der Waals surface area contributed by atoms with Crippen LogP contribution in [0.15, 0.2) is 39.8 Å². The van der Waals surface area contributed by atoms with Gasteiger partial charge in [-0.05, 0) is 42.5 Å². The molecule has 0 fully saturated rings. The van der Waals surface area contributed by atoms with Gasteiger partial charge >= 0.3 is 0 Å². The predicted octanol–water partition coefficient (Wildman–Crippen LogP) is 4.14. The second kappa shape index (κ2) is 7.62. The summed E-state index contributed by atoms with van der Waals surface area (Å²) in [6.07, 6.45) is 3.86. The van der Waals surface area contributed by atoms with Crippen LogP contribution in [0.4, 0.5) is 0 Å². The van der Waals surface area contributed by atoms with E-state index in [-0.39, 0.29) is 0 Å². The van der Waals surface area contributed by atoms with Gasteiger partial charge in [-0.15, -0.1) is 0 Å². The summed E-state index contributed by atoms with van der Waals surface area (Å²) in [6.45, 7) is 5.47. The molecule has 0 amide bonds. The molecule has 3 nitrogen and oxygen atoms in total. The summed E-state index contributed by atoms with van der Waals surface area (Å²) in [6, 6.07) is 8.98. The molecule has 0 aliphatic heterocycles.